The molecule has 77 heavy (non-hydrogen) atoms. The van der Waals surface area contributed by atoms with Gasteiger partial charge in [-0.25, -0.2) is 29.6 Å². The van der Waals surface area contributed by atoms with Gasteiger partial charge in [0.15, 0.2) is 9.84 Å². The van der Waals surface area contributed by atoms with E-state index in [4.69, 9.17) is 11.6 Å². The number of sulfone groups is 2. The van der Waals surface area contributed by atoms with E-state index in [-0.39, 0.29) is 27.7 Å². The monoisotopic (exact) mass is 1180 g/mol. The van der Waals surface area contributed by atoms with Crippen LogP contribution in [0.25, 0.3) is 22.4 Å². The molecule has 8 rings (SSSR count). The summed E-state index contributed by atoms with van der Waals surface area (Å²) in [5.74, 6) is -0.167. The number of sulfonamides is 1. The second kappa shape index (κ2) is 23.8. The summed E-state index contributed by atoms with van der Waals surface area (Å²) in [4.78, 5) is 7.68. The van der Waals surface area contributed by atoms with E-state index in [2.05, 4.69) is 37.4 Å². The number of piperazine rings is 2. The number of benzene rings is 5. The summed E-state index contributed by atoms with van der Waals surface area (Å²) in [5.41, 5.74) is -2.06. The SMILES string of the molecule is Cc1c(S(C)(=O)=O)c(-c2cc(F)cc(N3CCN(c4ccc(NS(=O)(=O)c5ccc(N[C@H](CCN6CCN(C(C)S)CC6)CSc6ccccc6)c(S(=O)(=O)C(F)(F)F)c5)cc4)CC3)c2)c(-c2ccc(Cl)cc2)n1C(C)C. The van der Waals surface area contributed by atoms with Crippen LogP contribution in [0.4, 0.5) is 40.3 Å². The summed E-state index contributed by atoms with van der Waals surface area (Å²) in [6.45, 7) is 13.2. The summed E-state index contributed by atoms with van der Waals surface area (Å²) < 4.78 is 144. The van der Waals surface area contributed by atoms with Crippen LogP contribution in [-0.4, -0.2) is 127 Å². The van der Waals surface area contributed by atoms with Crippen LogP contribution in [0.2, 0.25) is 5.02 Å². The van der Waals surface area contributed by atoms with Gasteiger partial charge in [-0.2, -0.15) is 25.8 Å². The zero-order valence-electron chi connectivity index (χ0n) is 43.1. The molecule has 1 aromatic heterocycles. The molecular weight excluding hydrogens is 1110 g/mol. The number of halogens is 5. The Kier molecular flexibility index (Phi) is 18.0. The third kappa shape index (κ3) is 13.6. The van der Waals surface area contributed by atoms with Gasteiger partial charge in [-0.15, -0.1) is 11.8 Å². The molecule has 13 nitrogen and oxygen atoms in total. The lowest BCUT2D eigenvalue weighted by Crippen LogP contribution is -2.49. The smallest absolute Gasteiger partial charge is 0.380 e. The summed E-state index contributed by atoms with van der Waals surface area (Å²) in [5, 5.41) is 3.67. The van der Waals surface area contributed by atoms with Crippen LogP contribution in [0.15, 0.2) is 135 Å². The van der Waals surface area contributed by atoms with E-state index in [1.165, 1.54) is 36.0 Å². The van der Waals surface area contributed by atoms with E-state index in [0.717, 1.165) is 60.7 Å². The maximum absolute atomic E-state index is 15.8. The van der Waals surface area contributed by atoms with Gasteiger partial charge in [-0.05, 0) is 130 Å². The van der Waals surface area contributed by atoms with Crippen molar-refractivity contribution in [2.75, 3.05) is 90.8 Å². The Morgan fingerprint density at radius 2 is 1.36 bits per heavy atom. The summed E-state index contributed by atoms with van der Waals surface area (Å²) in [6, 6.07) is 29.5. The Labute approximate surface area is 464 Å². The molecule has 1 unspecified atom stereocenters. The molecule has 0 spiro atoms. The molecule has 2 fully saturated rings. The first-order valence-corrected chi connectivity index (χ1v) is 31.7. The fourth-order valence-electron chi connectivity index (χ4n) is 9.99. The molecule has 3 heterocycles. The Hall–Kier alpha value is -4.94. The molecule has 5 aromatic carbocycles. The first-order chi connectivity index (χ1) is 36.3. The van der Waals surface area contributed by atoms with Crippen LogP contribution in [0, 0.1) is 12.7 Å². The number of thiol groups is 1. The van der Waals surface area contributed by atoms with Crippen molar-refractivity contribution < 1.29 is 42.8 Å². The van der Waals surface area contributed by atoms with Crippen LogP contribution in [0.1, 0.15) is 38.9 Å². The van der Waals surface area contributed by atoms with Crippen molar-refractivity contribution in [3.8, 4) is 22.4 Å². The van der Waals surface area contributed by atoms with E-state index in [0.29, 0.717) is 84.2 Å². The summed E-state index contributed by atoms with van der Waals surface area (Å²) >= 11 is 12.3. The zero-order chi connectivity index (χ0) is 55.6. The van der Waals surface area contributed by atoms with E-state index < -0.39 is 56.9 Å². The number of rotatable bonds is 19. The lowest BCUT2D eigenvalue weighted by atomic mass is 9.99. The molecule has 0 amide bonds. The number of hydrogen-bond donors (Lipinski definition) is 3. The van der Waals surface area contributed by atoms with Gasteiger partial charge in [-0.1, -0.05) is 41.9 Å². The van der Waals surface area contributed by atoms with Gasteiger partial charge in [0, 0.05) is 127 Å². The minimum Gasteiger partial charge on any atom is -0.380 e. The molecule has 2 aliphatic heterocycles. The molecule has 2 N–H and O–H groups in total. The lowest BCUT2D eigenvalue weighted by Gasteiger charge is -2.37. The highest BCUT2D eigenvalue weighted by molar-refractivity contribution is 7.99. The maximum Gasteiger partial charge on any atom is 0.501 e. The predicted molar refractivity (Wildman–Crippen MR) is 306 cm³/mol. The highest BCUT2D eigenvalue weighted by atomic mass is 35.5. The Morgan fingerprint density at radius 1 is 0.740 bits per heavy atom. The van der Waals surface area contributed by atoms with E-state index in [1.54, 1.807) is 37.3 Å². The number of thioether (sulfide) groups is 1. The maximum atomic E-state index is 15.8. The van der Waals surface area contributed by atoms with Crippen LogP contribution in [-0.2, 0) is 29.7 Å². The van der Waals surface area contributed by atoms with Crippen LogP contribution >= 0.6 is 36.0 Å². The normalized spacial score (nSPS) is 16.2. The minimum absolute atomic E-state index is 0.0812. The molecule has 0 radical (unpaired) electrons. The Balaban J connectivity index is 0.982. The largest absolute Gasteiger partial charge is 0.501 e. The van der Waals surface area contributed by atoms with Gasteiger partial charge in [0.05, 0.1) is 21.2 Å². The van der Waals surface area contributed by atoms with Gasteiger partial charge < -0.3 is 24.6 Å². The van der Waals surface area contributed by atoms with Gasteiger partial charge in [-0.3, -0.25) is 9.62 Å². The number of aromatic nitrogens is 1. The minimum atomic E-state index is -6.05. The number of alkyl halides is 3. The Bertz CT molecular complexity index is 3390. The zero-order valence-corrected chi connectivity index (χ0v) is 48.1. The average molecular weight is 1180 g/mol. The predicted octanol–water partition coefficient (Wildman–Crippen LogP) is 11.2. The van der Waals surface area contributed by atoms with Gasteiger partial charge in [0.1, 0.15) is 10.7 Å². The summed E-state index contributed by atoms with van der Waals surface area (Å²) in [7, 11) is -14.5. The van der Waals surface area contributed by atoms with E-state index >= 15 is 4.39 Å². The Morgan fingerprint density at radius 3 is 1.95 bits per heavy atom. The molecule has 414 valence electrons. The molecule has 2 aliphatic rings. The first kappa shape index (κ1) is 58.2. The topological polar surface area (TPSA) is 144 Å². The van der Waals surface area contributed by atoms with E-state index in [1.807, 2.05) is 72.7 Å². The molecule has 2 saturated heterocycles. The quantitative estimate of drug-likeness (QED) is 0.0403. The van der Waals surface area contributed by atoms with Crippen molar-refractivity contribution in [1.82, 2.24) is 14.4 Å². The third-order valence-corrected chi connectivity index (χ3v) is 19.7. The van der Waals surface area contributed by atoms with Crippen molar-refractivity contribution in [2.45, 2.75) is 76.7 Å². The number of nitrogens with zero attached hydrogens (tertiary/aromatic N) is 5. The summed E-state index contributed by atoms with van der Waals surface area (Å²) in [6.07, 6.45) is 1.61. The number of hydrogen-bond acceptors (Lipinski definition) is 13. The fraction of sp³-hybridized carbons (Fsp3) is 0.370. The molecule has 0 aliphatic carbocycles. The number of anilines is 4. The molecule has 6 aromatic rings. The molecule has 2 atom stereocenters. The van der Waals surface area contributed by atoms with Crippen LogP contribution < -0.4 is 19.8 Å². The van der Waals surface area contributed by atoms with Crippen molar-refractivity contribution in [3.63, 3.8) is 0 Å². The number of nitrogens with one attached hydrogen (secondary N) is 2. The van der Waals surface area contributed by atoms with Gasteiger partial charge in [0.25, 0.3) is 19.9 Å². The van der Waals surface area contributed by atoms with Crippen LogP contribution in [0.3, 0.4) is 0 Å². The van der Waals surface area contributed by atoms with Crippen molar-refractivity contribution in [2.24, 2.45) is 0 Å². The lowest BCUT2D eigenvalue weighted by molar-refractivity contribution is -0.0435. The van der Waals surface area contributed by atoms with Crippen LogP contribution in [0.5, 0.6) is 0 Å². The fourth-order valence-corrected chi connectivity index (χ4v) is 14.7. The highest BCUT2D eigenvalue weighted by Gasteiger charge is 2.48. The molecule has 0 saturated carbocycles. The third-order valence-electron chi connectivity index (χ3n) is 13.8. The van der Waals surface area contributed by atoms with Crippen molar-refractivity contribution in [3.05, 3.63) is 132 Å². The van der Waals surface area contributed by atoms with Gasteiger partial charge >= 0.3 is 5.51 Å². The van der Waals surface area contributed by atoms with E-state index in [9.17, 15) is 38.4 Å². The molecule has 0 bridgehead atoms. The highest BCUT2D eigenvalue weighted by Crippen LogP contribution is 2.45. The van der Waals surface area contributed by atoms with Gasteiger partial charge in [0.2, 0.25) is 0 Å². The van der Waals surface area contributed by atoms with Crippen molar-refractivity contribution >= 4 is 88.4 Å². The first-order valence-electron chi connectivity index (χ1n) is 25.0. The molecular formula is C54H62ClF4N7O6S5. The standard InChI is InChI=1S/C54H62ClF4N7O6S5/c1-36(2)66-37(3)53(75(5,67)68)51(52(66)39-11-13-41(55)14-12-39)40-31-42(56)33-46(32-40)65-29-27-64(28-30-65)45-17-15-43(16-18-45)61-77(71,72)48-19-20-49(50(34-48)76(69,70)54(57,58)59)60-44(35-74-47-9-7-6-8-10-47)21-22-62-23-25-63(26-24-62)38(4)73/h6-20,31-34,36,38,44,60-61,73H,21-30,35H2,1-5H3/t38?,44-/m1/s1. The average Bonchev–Trinajstić information content (AvgIpc) is 3.80. The second-order valence-electron chi connectivity index (χ2n) is 19.6. The second-order valence-corrected chi connectivity index (χ2v) is 27.4. The van der Waals surface area contributed by atoms with Crippen molar-refractivity contribution in [1.29, 1.82) is 0 Å². The molecule has 23 heteroatoms.